The third-order valence-electron chi connectivity index (χ3n) is 11.1. The lowest BCUT2D eigenvalue weighted by molar-refractivity contribution is 0.592. The maximum Gasteiger partial charge on any atom is 0.188 e. The molecule has 0 aliphatic carbocycles. The molecule has 0 N–H and O–H groups in total. The van der Waals surface area contributed by atoms with E-state index in [1.54, 1.807) is 6.20 Å². The topological polar surface area (TPSA) is 36.4 Å². The van der Waals surface area contributed by atoms with Gasteiger partial charge in [0.1, 0.15) is 5.44 Å². The molecule has 6 aromatic carbocycles. The van der Waals surface area contributed by atoms with Crippen molar-refractivity contribution >= 4 is 57.3 Å². The van der Waals surface area contributed by atoms with E-state index in [0.717, 1.165) is 44.7 Å². The van der Waals surface area contributed by atoms with Gasteiger partial charge in [-0.1, -0.05) is 137 Å². The highest BCUT2D eigenvalue weighted by molar-refractivity contribution is 7.85. The maximum absolute atomic E-state index is 16.2. The first-order valence-corrected chi connectivity index (χ1v) is 19.6. The normalized spacial score (nSPS) is 16.2. The summed E-state index contributed by atoms with van der Waals surface area (Å²) in [6, 6.07) is 56.9. The molecule has 0 amide bonds. The number of para-hydroxylation sites is 4. The lowest BCUT2D eigenvalue weighted by Gasteiger charge is -2.44. The van der Waals surface area contributed by atoms with Crippen LogP contribution in [0.25, 0.3) is 0 Å². The Morgan fingerprint density at radius 2 is 0.827 bits per heavy atom. The van der Waals surface area contributed by atoms with Crippen LogP contribution < -0.4 is 25.8 Å². The lowest BCUT2D eigenvalue weighted by Crippen LogP contribution is -2.33. The molecule has 0 saturated heterocycles. The molecular weight excluding hydrogens is 654 g/mol. The van der Waals surface area contributed by atoms with Gasteiger partial charge in [0.25, 0.3) is 0 Å². The van der Waals surface area contributed by atoms with E-state index in [0.29, 0.717) is 5.44 Å². The van der Waals surface area contributed by atoms with Crippen molar-refractivity contribution in [1.29, 1.82) is 0 Å². The molecule has 0 bridgehead atoms. The first-order chi connectivity index (χ1) is 25.2. The Balaban J connectivity index is 1.39. The zero-order valence-electron chi connectivity index (χ0n) is 29.9. The molecule has 0 spiro atoms. The number of nitrogens with zero attached hydrogens (tertiary/aromatic N) is 3. The van der Waals surface area contributed by atoms with Crippen molar-refractivity contribution in [1.82, 2.24) is 4.98 Å². The summed E-state index contributed by atoms with van der Waals surface area (Å²) in [6.45, 7) is 9.21. The number of hydrogen-bond donors (Lipinski definition) is 0. The SMILES string of the molecule is CC1(C)c2ccccc2N(c2cc(N3c4ccccc4C(C)(C)c4ccccc43)cc(P(=O)(c3ccccc3)c3ccccn3)c2)c2ccccc21. The summed E-state index contributed by atoms with van der Waals surface area (Å²) < 4.78 is 16.2. The van der Waals surface area contributed by atoms with Gasteiger partial charge in [-0.2, -0.15) is 0 Å². The van der Waals surface area contributed by atoms with Crippen molar-refractivity contribution in [2.24, 2.45) is 0 Å². The molecule has 0 saturated carbocycles. The zero-order chi connectivity index (χ0) is 35.7. The molecule has 7 aromatic rings. The minimum absolute atomic E-state index is 0.215. The number of anilines is 6. The summed E-state index contributed by atoms with van der Waals surface area (Å²) in [6.07, 6.45) is 1.74. The Bertz CT molecular complexity index is 2260. The Hall–Kier alpha value is -5.70. The van der Waals surface area contributed by atoms with Crippen LogP contribution in [0.15, 0.2) is 170 Å². The Morgan fingerprint density at radius 1 is 0.442 bits per heavy atom. The summed E-state index contributed by atoms with van der Waals surface area (Å²) >= 11 is 0. The number of fused-ring (bicyclic) bond motifs is 4. The summed E-state index contributed by atoms with van der Waals surface area (Å²) in [5.74, 6) is 0. The fraction of sp³-hybridized carbons (Fsp3) is 0.128. The van der Waals surface area contributed by atoms with Crippen molar-refractivity contribution in [3.05, 3.63) is 192 Å². The Kier molecular flexibility index (Phi) is 7.40. The molecule has 4 nitrogen and oxygen atoms in total. The fourth-order valence-corrected chi connectivity index (χ4v) is 11.1. The van der Waals surface area contributed by atoms with Gasteiger partial charge in [-0.25, -0.2) is 0 Å². The number of benzene rings is 6. The highest BCUT2D eigenvalue weighted by atomic mass is 31.2. The molecule has 1 unspecified atom stereocenters. The monoisotopic (exact) mass is 693 g/mol. The molecular formula is C47H40N3OP. The number of hydrogen-bond acceptors (Lipinski definition) is 4. The van der Waals surface area contributed by atoms with Crippen LogP contribution in [0.5, 0.6) is 0 Å². The summed E-state index contributed by atoms with van der Waals surface area (Å²) in [4.78, 5) is 9.51. The Labute approximate surface area is 306 Å². The van der Waals surface area contributed by atoms with E-state index in [4.69, 9.17) is 4.98 Å². The highest BCUT2D eigenvalue weighted by Gasteiger charge is 2.40. The van der Waals surface area contributed by atoms with Crippen LogP contribution >= 0.6 is 7.14 Å². The summed E-state index contributed by atoms with van der Waals surface area (Å²) in [5.41, 5.74) is 11.4. The summed E-state index contributed by atoms with van der Waals surface area (Å²) in [5, 5.41) is 1.47. The highest BCUT2D eigenvalue weighted by Crippen LogP contribution is 2.56. The van der Waals surface area contributed by atoms with E-state index in [9.17, 15) is 0 Å². The maximum atomic E-state index is 16.2. The quantitative estimate of drug-likeness (QED) is 0.168. The van der Waals surface area contributed by atoms with Crippen molar-refractivity contribution in [3.8, 4) is 0 Å². The third-order valence-corrected chi connectivity index (χ3v) is 14.1. The molecule has 5 heteroatoms. The van der Waals surface area contributed by atoms with Gasteiger partial charge in [0.05, 0.1) is 22.7 Å². The average Bonchev–Trinajstić information content (AvgIpc) is 3.18. The van der Waals surface area contributed by atoms with Crippen molar-refractivity contribution in [3.63, 3.8) is 0 Å². The van der Waals surface area contributed by atoms with E-state index in [-0.39, 0.29) is 10.8 Å². The van der Waals surface area contributed by atoms with Crippen molar-refractivity contribution < 1.29 is 4.57 Å². The fourth-order valence-electron chi connectivity index (χ4n) is 8.51. The standard InChI is InChI=1S/C47H40N3OP/c1-46(2)37-20-8-12-24-41(37)49(42-25-13-9-21-38(42)46)33-30-34(50-43-26-14-10-22-39(43)47(3,4)40-23-11-15-27-44(40)50)32-36(31-33)52(51,35-18-6-5-7-19-35)45-28-16-17-29-48-45/h5-32H,1-4H3. The molecule has 1 aromatic heterocycles. The molecule has 1 atom stereocenters. The largest absolute Gasteiger partial charge is 0.310 e. The smallest absolute Gasteiger partial charge is 0.188 e. The third kappa shape index (κ3) is 4.75. The molecule has 2 aliphatic rings. The number of pyridine rings is 1. The zero-order valence-corrected chi connectivity index (χ0v) is 30.8. The summed E-state index contributed by atoms with van der Waals surface area (Å²) in [7, 11) is -3.49. The first-order valence-electron chi connectivity index (χ1n) is 17.9. The van der Waals surface area contributed by atoms with Gasteiger partial charge < -0.3 is 14.4 Å². The van der Waals surface area contributed by atoms with Crippen LogP contribution in [0, 0.1) is 0 Å². The van der Waals surface area contributed by atoms with E-state index in [1.165, 1.54) is 22.3 Å². The van der Waals surface area contributed by atoms with Crippen molar-refractivity contribution in [2.45, 2.75) is 38.5 Å². The number of aromatic nitrogens is 1. The minimum Gasteiger partial charge on any atom is -0.310 e. The van der Waals surface area contributed by atoms with Crippen LogP contribution in [0.4, 0.5) is 34.1 Å². The number of rotatable bonds is 5. The second kappa shape index (κ2) is 11.9. The van der Waals surface area contributed by atoms with E-state index in [2.05, 4.69) is 153 Å². The van der Waals surface area contributed by atoms with Gasteiger partial charge in [-0.15, -0.1) is 0 Å². The predicted molar refractivity (Wildman–Crippen MR) is 217 cm³/mol. The van der Waals surface area contributed by atoms with Crippen LogP contribution in [0.1, 0.15) is 49.9 Å². The van der Waals surface area contributed by atoms with Gasteiger partial charge in [0, 0.05) is 39.0 Å². The van der Waals surface area contributed by atoms with E-state index >= 15 is 4.57 Å². The van der Waals surface area contributed by atoms with Gasteiger partial charge >= 0.3 is 0 Å². The van der Waals surface area contributed by atoms with Crippen molar-refractivity contribution in [2.75, 3.05) is 9.80 Å². The first kappa shape index (κ1) is 32.2. The van der Waals surface area contributed by atoms with Crippen LogP contribution in [-0.4, -0.2) is 4.98 Å². The van der Waals surface area contributed by atoms with Gasteiger partial charge in [-0.3, -0.25) is 4.98 Å². The van der Waals surface area contributed by atoms with Crippen LogP contribution in [-0.2, 0) is 15.4 Å². The molecule has 9 rings (SSSR count). The van der Waals surface area contributed by atoms with Crippen LogP contribution in [0.2, 0.25) is 0 Å². The lowest BCUT2D eigenvalue weighted by atomic mass is 9.73. The molecule has 3 heterocycles. The molecule has 0 radical (unpaired) electrons. The molecule has 2 aliphatic heterocycles. The second-order valence-electron chi connectivity index (χ2n) is 14.8. The van der Waals surface area contributed by atoms with E-state index in [1.807, 2.05) is 48.5 Å². The second-order valence-corrected chi connectivity index (χ2v) is 17.5. The minimum atomic E-state index is -3.49. The molecule has 254 valence electrons. The van der Waals surface area contributed by atoms with Crippen LogP contribution in [0.3, 0.4) is 0 Å². The molecule has 0 fully saturated rings. The van der Waals surface area contributed by atoms with Gasteiger partial charge in [-0.05, 0) is 76.9 Å². The molecule has 52 heavy (non-hydrogen) atoms. The van der Waals surface area contributed by atoms with Gasteiger partial charge in [0.15, 0.2) is 7.14 Å². The predicted octanol–water partition coefficient (Wildman–Crippen LogP) is 10.9. The van der Waals surface area contributed by atoms with Gasteiger partial charge in [0.2, 0.25) is 0 Å². The average molecular weight is 694 g/mol. The van der Waals surface area contributed by atoms with E-state index < -0.39 is 7.14 Å². The Morgan fingerprint density at radius 3 is 1.23 bits per heavy atom.